The molecule has 0 spiro atoms. The number of hydrogen-bond acceptors (Lipinski definition) is 5. The van der Waals surface area contributed by atoms with Crippen LogP contribution < -0.4 is 20.1 Å². The molecule has 162 valence electrons. The van der Waals surface area contributed by atoms with Crippen LogP contribution in [0.1, 0.15) is 38.1 Å². The van der Waals surface area contributed by atoms with Gasteiger partial charge in [-0.1, -0.05) is 26.0 Å². The van der Waals surface area contributed by atoms with Gasteiger partial charge >= 0.3 is 0 Å². The van der Waals surface area contributed by atoms with Crippen molar-refractivity contribution in [3.8, 4) is 5.75 Å². The molecule has 0 aromatic heterocycles. The quantitative estimate of drug-likeness (QED) is 0.534. The molecule has 0 bridgehead atoms. The topological polar surface area (TPSA) is 96.5 Å². The third kappa shape index (κ3) is 7.08. The summed E-state index contributed by atoms with van der Waals surface area (Å²) in [5.41, 5.74) is 0.927. The van der Waals surface area contributed by atoms with Crippen molar-refractivity contribution in [2.75, 3.05) is 11.9 Å². The number of benzene rings is 2. The van der Waals surface area contributed by atoms with Crippen molar-refractivity contribution in [1.82, 2.24) is 10.0 Å². The highest BCUT2D eigenvalue weighted by Gasteiger charge is 2.16. The van der Waals surface area contributed by atoms with Gasteiger partial charge in [-0.05, 0) is 68.4 Å². The first-order valence-corrected chi connectivity index (χ1v) is 11.4. The Hall–Kier alpha value is -2.49. The average Bonchev–Trinajstić information content (AvgIpc) is 2.65. The molecule has 3 N–H and O–H groups in total. The summed E-state index contributed by atoms with van der Waals surface area (Å²) in [7, 11) is -3.57. The number of para-hydroxylation sites is 1. The van der Waals surface area contributed by atoms with Crippen LogP contribution in [0.15, 0.2) is 53.4 Å². The van der Waals surface area contributed by atoms with Gasteiger partial charge in [0.25, 0.3) is 5.91 Å². The van der Waals surface area contributed by atoms with E-state index in [0.717, 1.165) is 0 Å². The normalized spacial score (nSPS) is 11.4. The second kappa shape index (κ2) is 10.5. The minimum Gasteiger partial charge on any atom is -0.492 e. The maximum atomic E-state index is 12.6. The van der Waals surface area contributed by atoms with E-state index in [0.29, 0.717) is 29.5 Å². The van der Waals surface area contributed by atoms with Crippen LogP contribution in [0.2, 0.25) is 0 Å². The van der Waals surface area contributed by atoms with E-state index >= 15 is 0 Å². The molecule has 0 saturated carbocycles. The van der Waals surface area contributed by atoms with Crippen LogP contribution in [0.4, 0.5) is 5.69 Å². The molecule has 30 heavy (non-hydrogen) atoms. The molecular formula is C21H27N3O4S2. The maximum Gasteiger partial charge on any atom is 0.261 e. The van der Waals surface area contributed by atoms with E-state index in [1.165, 1.54) is 12.1 Å². The molecule has 9 heteroatoms. The first-order chi connectivity index (χ1) is 14.1. The third-order valence-corrected chi connectivity index (χ3v) is 5.62. The fourth-order valence-corrected chi connectivity index (χ4v) is 3.93. The molecular weight excluding hydrogens is 422 g/mol. The Labute approximate surface area is 183 Å². The van der Waals surface area contributed by atoms with E-state index in [-0.39, 0.29) is 16.0 Å². The number of carbonyl (C=O) groups excluding carboxylic acids is 1. The lowest BCUT2D eigenvalue weighted by molar-refractivity contribution is 0.0973. The molecule has 0 unspecified atom stereocenters. The van der Waals surface area contributed by atoms with Crippen molar-refractivity contribution < 1.29 is 17.9 Å². The Morgan fingerprint density at radius 3 is 2.27 bits per heavy atom. The maximum absolute atomic E-state index is 12.6. The number of ether oxygens (including phenoxy) is 1. The molecule has 1 amide bonds. The van der Waals surface area contributed by atoms with Crippen molar-refractivity contribution in [1.29, 1.82) is 0 Å². The van der Waals surface area contributed by atoms with E-state index in [4.69, 9.17) is 17.0 Å². The summed E-state index contributed by atoms with van der Waals surface area (Å²) in [6.45, 7) is 8.05. The zero-order valence-corrected chi connectivity index (χ0v) is 19.1. The summed E-state index contributed by atoms with van der Waals surface area (Å²) < 4.78 is 32.6. The molecule has 2 aromatic rings. The Balaban J connectivity index is 2.02. The first kappa shape index (κ1) is 23.8. The van der Waals surface area contributed by atoms with Gasteiger partial charge in [0.2, 0.25) is 10.0 Å². The molecule has 0 heterocycles. The molecule has 0 fully saturated rings. The molecule has 2 rings (SSSR count). The molecule has 7 nitrogen and oxygen atoms in total. The minimum atomic E-state index is -3.57. The number of anilines is 1. The first-order valence-electron chi connectivity index (χ1n) is 9.55. The van der Waals surface area contributed by atoms with E-state index in [2.05, 4.69) is 15.4 Å². The molecule has 0 aliphatic carbocycles. The van der Waals surface area contributed by atoms with Gasteiger partial charge in [0.15, 0.2) is 5.11 Å². The molecule has 0 aliphatic rings. The van der Waals surface area contributed by atoms with Crippen LogP contribution in [0.3, 0.4) is 0 Å². The highest BCUT2D eigenvalue weighted by molar-refractivity contribution is 7.89. The van der Waals surface area contributed by atoms with Crippen LogP contribution in [0, 0.1) is 5.92 Å². The Kier molecular flexibility index (Phi) is 8.33. The lowest BCUT2D eigenvalue weighted by Gasteiger charge is -2.14. The zero-order valence-electron chi connectivity index (χ0n) is 17.4. The predicted molar refractivity (Wildman–Crippen MR) is 122 cm³/mol. The number of sulfonamides is 1. The van der Waals surface area contributed by atoms with Crippen molar-refractivity contribution in [2.24, 2.45) is 5.92 Å². The van der Waals surface area contributed by atoms with Gasteiger partial charge in [0, 0.05) is 11.7 Å². The van der Waals surface area contributed by atoms with Gasteiger partial charge in [-0.25, -0.2) is 13.1 Å². The predicted octanol–water partition coefficient (Wildman–Crippen LogP) is 3.53. The number of thiocarbonyl (C=S) groups is 1. The second-order valence-corrected chi connectivity index (χ2v) is 9.53. The largest absolute Gasteiger partial charge is 0.492 e. The van der Waals surface area contributed by atoms with Gasteiger partial charge in [-0.2, -0.15) is 0 Å². The monoisotopic (exact) mass is 449 g/mol. The van der Waals surface area contributed by atoms with Crippen molar-refractivity contribution in [2.45, 2.75) is 38.6 Å². The number of rotatable bonds is 8. The zero-order chi connectivity index (χ0) is 22.3. The average molecular weight is 450 g/mol. The highest BCUT2D eigenvalue weighted by Crippen LogP contribution is 2.19. The Bertz CT molecular complexity index is 988. The van der Waals surface area contributed by atoms with Crippen LogP contribution >= 0.6 is 12.2 Å². The van der Waals surface area contributed by atoms with E-state index in [9.17, 15) is 13.2 Å². The van der Waals surface area contributed by atoms with E-state index < -0.39 is 15.9 Å². The van der Waals surface area contributed by atoms with Gasteiger partial charge in [0.05, 0.1) is 17.1 Å². The summed E-state index contributed by atoms with van der Waals surface area (Å²) in [5, 5.41) is 5.58. The number of carbonyl (C=O) groups is 1. The molecule has 2 aromatic carbocycles. The van der Waals surface area contributed by atoms with Crippen LogP contribution in [-0.2, 0) is 10.0 Å². The third-order valence-electron chi connectivity index (χ3n) is 3.74. The van der Waals surface area contributed by atoms with Crippen LogP contribution in [-0.4, -0.2) is 32.1 Å². The summed E-state index contributed by atoms with van der Waals surface area (Å²) >= 11 is 5.21. The Morgan fingerprint density at radius 1 is 1.03 bits per heavy atom. The van der Waals surface area contributed by atoms with Crippen molar-refractivity contribution in [3.63, 3.8) is 0 Å². The molecule has 0 aliphatic heterocycles. The van der Waals surface area contributed by atoms with Crippen LogP contribution in [0.5, 0.6) is 5.75 Å². The molecule has 0 atom stereocenters. The van der Waals surface area contributed by atoms with Gasteiger partial charge in [-0.15, -0.1) is 0 Å². The van der Waals surface area contributed by atoms with E-state index in [1.807, 2.05) is 13.8 Å². The van der Waals surface area contributed by atoms with Crippen LogP contribution in [0.25, 0.3) is 0 Å². The number of amides is 1. The second-order valence-electron chi connectivity index (χ2n) is 7.41. The SMILES string of the molecule is CC(C)COc1ccccc1C(=O)NC(=S)Nc1ccc(S(=O)(=O)NC(C)C)cc1. The summed E-state index contributed by atoms with van der Waals surface area (Å²) in [6, 6.07) is 12.8. The minimum absolute atomic E-state index is 0.0922. The lowest BCUT2D eigenvalue weighted by atomic mass is 10.2. The molecule has 0 saturated heterocycles. The number of nitrogens with one attached hydrogen (secondary N) is 3. The highest BCUT2D eigenvalue weighted by atomic mass is 32.2. The smallest absolute Gasteiger partial charge is 0.261 e. The van der Waals surface area contributed by atoms with Gasteiger partial charge in [0.1, 0.15) is 5.75 Å². The summed E-state index contributed by atoms with van der Waals surface area (Å²) in [6.07, 6.45) is 0. The van der Waals surface area contributed by atoms with E-state index in [1.54, 1.807) is 50.2 Å². The van der Waals surface area contributed by atoms with Crippen molar-refractivity contribution >= 4 is 38.9 Å². The Morgan fingerprint density at radius 2 is 1.67 bits per heavy atom. The lowest BCUT2D eigenvalue weighted by Crippen LogP contribution is -2.34. The fraction of sp³-hybridized carbons (Fsp3) is 0.333. The van der Waals surface area contributed by atoms with Gasteiger partial charge < -0.3 is 10.1 Å². The fourth-order valence-electron chi connectivity index (χ4n) is 2.47. The van der Waals surface area contributed by atoms with Gasteiger partial charge in [-0.3, -0.25) is 10.1 Å². The van der Waals surface area contributed by atoms with Crippen molar-refractivity contribution in [3.05, 3.63) is 54.1 Å². The standard InChI is InChI=1S/C21H27N3O4S2/c1-14(2)13-28-19-8-6-5-7-18(19)20(25)23-21(29)22-16-9-11-17(12-10-16)30(26,27)24-15(3)4/h5-12,14-15,24H,13H2,1-4H3,(H2,22,23,25,29). The summed E-state index contributed by atoms with van der Waals surface area (Å²) in [5.74, 6) is 0.414. The number of hydrogen-bond donors (Lipinski definition) is 3. The summed E-state index contributed by atoms with van der Waals surface area (Å²) in [4.78, 5) is 12.7. The molecule has 0 radical (unpaired) electrons.